The Morgan fingerprint density at radius 3 is 2.38 bits per heavy atom. The van der Waals surface area contributed by atoms with Crippen molar-refractivity contribution in [2.45, 2.75) is 18.9 Å². The van der Waals surface area contributed by atoms with Crippen molar-refractivity contribution in [1.29, 1.82) is 0 Å². The fourth-order valence-corrected chi connectivity index (χ4v) is 3.35. The second-order valence-electron chi connectivity index (χ2n) is 6.92. The molecule has 0 N–H and O–H groups in total. The molecule has 0 saturated carbocycles. The van der Waals surface area contributed by atoms with Gasteiger partial charge in [-0.25, -0.2) is 9.97 Å². The van der Waals surface area contributed by atoms with Crippen LogP contribution in [0.2, 0.25) is 0 Å². The molecule has 4 rings (SSSR count). The van der Waals surface area contributed by atoms with Crippen molar-refractivity contribution in [2.24, 2.45) is 0 Å². The van der Waals surface area contributed by atoms with Gasteiger partial charge in [-0.3, -0.25) is 4.79 Å². The number of carbonyl (C=O) groups excluding carboxylic acids is 1. The van der Waals surface area contributed by atoms with Gasteiger partial charge in [0.2, 0.25) is 5.88 Å². The van der Waals surface area contributed by atoms with Crippen LogP contribution < -0.4 is 9.47 Å². The Hall–Kier alpha value is -3.41. The molecule has 1 aromatic heterocycles. The lowest BCUT2D eigenvalue weighted by atomic mass is 10.1. The Morgan fingerprint density at radius 2 is 1.69 bits per heavy atom. The van der Waals surface area contributed by atoms with Gasteiger partial charge in [0.1, 0.15) is 18.2 Å². The van der Waals surface area contributed by atoms with Gasteiger partial charge in [0.25, 0.3) is 5.91 Å². The highest BCUT2D eigenvalue weighted by atomic mass is 16.5. The molecule has 1 amide bonds. The molecule has 0 unspecified atom stereocenters. The molecule has 0 bridgehead atoms. The molecule has 6 heteroatoms. The molecule has 0 atom stereocenters. The van der Waals surface area contributed by atoms with Gasteiger partial charge in [-0.1, -0.05) is 42.5 Å². The third-order valence-electron chi connectivity index (χ3n) is 4.96. The lowest BCUT2D eigenvalue weighted by Crippen LogP contribution is -2.43. The van der Waals surface area contributed by atoms with Crippen LogP contribution in [0.25, 0.3) is 11.1 Å². The van der Waals surface area contributed by atoms with Crippen LogP contribution in [0.5, 0.6) is 11.6 Å². The smallest absolute Gasteiger partial charge is 0.260 e. The van der Waals surface area contributed by atoms with Crippen LogP contribution in [0, 0.1) is 0 Å². The van der Waals surface area contributed by atoms with E-state index in [-0.39, 0.29) is 18.6 Å². The summed E-state index contributed by atoms with van der Waals surface area (Å²) in [5.74, 6) is 1.27. The van der Waals surface area contributed by atoms with Crippen LogP contribution in [0.1, 0.15) is 12.8 Å². The molecule has 148 valence electrons. The standard InChI is InChI=1S/C23H23N3O3/c27-23(26-14-11-21(12-15-26)29-22-10-13-24-17-25-22)16-28-20-8-6-19(7-9-20)18-4-2-1-3-5-18/h1-10,13,17,21H,11-12,14-16H2. The molecule has 29 heavy (non-hydrogen) atoms. The summed E-state index contributed by atoms with van der Waals surface area (Å²) in [6.45, 7) is 1.36. The molecular formula is C23H23N3O3. The van der Waals surface area contributed by atoms with Crippen molar-refractivity contribution in [2.75, 3.05) is 19.7 Å². The molecular weight excluding hydrogens is 366 g/mol. The Balaban J connectivity index is 1.23. The third-order valence-corrected chi connectivity index (χ3v) is 4.96. The fourth-order valence-electron chi connectivity index (χ4n) is 3.35. The maximum atomic E-state index is 12.5. The second kappa shape index (κ2) is 9.19. The molecule has 1 aliphatic heterocycles. The van der Waals surface area contributed by atoms with E-state index in [4.69, 9.17) is 9.47 Å². The maximum Gasteiger partial charge on any atom is 0.260 e. The first-order valence-corrected chi connectivity index (χ1v) is 9.77. The summed E-state index contributed by atoms with van der Waals surface area (Å²) < 4.78 is 11.5. The van der Waals surface area contributed by atoms with Crippen LogP contribution >= 0.6 is 0 Å². The maximum absolute atomic E-state index is 12.5. The van der Waals surface area contributed by atoms with Gasteiger partial charge in [-0.15, -0.1) is 0 Å². The van der Waals surface area contributed by atoms with Crippen LogP contribution in [-0.4, -0.2) is 46.6 Å². The summed E-state index contributed by atoms with van der Waals surface area (Å²) in [6, 6.07) is 19.7. The zero-order valence-electron chi connectivity index (χ0n) is 16.1. The summed E-state index contributed by atoms with van der Waals surface area (Å²) in [5.41, 5.74) is 2.28. The second-order valence-corrected chi connectivity index (χ2v) is 6.92. The summed E-state index contributed by atoms with van der Waals surface area (Å²) >= 11 is 0. The highest BCUT2D eigenvalue weighted by Crippen LogP contribution is 2.22. The van der Waals surface area contributed by atoms with Crippen molar-refractivity contribution in [1.82, 2.24) is 14.9 Å². The van der Waals surface area contributed by atoms with Crippen LogP contribution in [0.3, 0.4) is 0 Å². The van der Waals surface area contributed by atoms with Crippen molar-refractivity contribution >= 4 is 5.91 Å². The summed E-state index contributed by atoms with van der Waals surface area (Å²) in [7, 11) is 0. The Morgan fingerprint density at radius 1 is 0.966 bits per heavy atom. The van der Waals surface area contributed by atoms with Gasteiger partial charge in [0, 0.05) is 38.2 Å². The predicted molar refractivity (Wildman–Crippen MR) is 110 cm³/mol. The minimum Gasteiger partial charge on any atom is -0.484 e. The highest BCUT2D eigenvalue weighted by Gasteiger charge is 2.24. The lowest BCUT2D eigenvalue weighted by molar-refractivity contribution is -0.135. The molecule has 0 aliphatic carbocycles. The number of hydrogen-bond acceptors (Lipinski definition) is 5. The number of rotatable bonds is 6. The number of likely N-dealkylation sites (tertiary alicyclic amines) is 1. The molecule has 1 aliphatic rings. The average Bonchev–Trinajstić information content (AvgIpc) is 2.80. The first-order valence-electron chi connectivity index (χ1n) is 9.77. The predicted octanol–water partition coefficient (Wildman–Crippen LogP) is 3.59. The normalized spacial score (nSPS) is 14.4. The van der Waals surface area contributed by atoms with Gasteiger partial charge in [-0.05, 0) is 23.3 Å². The van der Waals surface area contributed by atoms with E-state index in [1.54, 1.807) is 12.3 Å². The molecule has 0 spiro atoms. The van der Waals surface area contributed by atoms with Gasteiger partial charge in [-0.2, -0.15) is 0 Å². The van der Waals surface area contributed by atoms with Crippen LogP contribution in [0.15, 0.2) is 73.2 Å². The van der Waals surface area contributed by atoms with E-state index in [9.17, 15) is 4.79 Å². The zero-order chi connectivity index (χ0) is 19.9. The minimum absolute atomic E-state index is 0.00220. The summed E-state index contributed by atoms with van der Waals surface area (Å²) in [4.78, 5) is 22.3. The highest BCUT2D eigenvalue weighted by molar-refractivity contribution is 5.78. The van der Waals surface area contributed by atoms with Crippen molar-refractivity contribution in [3.05, 3.63) is 73.2 Å². The molecule has 6 nitrogen and oxygen atoms in total. The molecule has 3 aromatic rings. The molecule has 2 aromatic carbocycles. The van der Waals surface area contributed by atoms with Crippen molar-refractivity contribution in [3.8, 4) is 22.8 Å². The van der Waals surface area contributed by atoms with Gasteiger partial charge >= 0.3 is 0 Å². The van der Waals surface area contributed by atoms with Crippen molar-refractivity contribution in [3.63, 3.8) is 0 Å². The fraction of sp³-hybridized carbons (Fsp3) is 0.261. The summed E-state index contributed by atoms with van der Waals surface area (Å²) in [6.07, 6.45) is 4.76. The Bertz CT molecular complexity index is 909. The van der Waals surface area contributed by atoms with E-state index in [1.165, 1.54) is 6.33 Å². The monoisotopic (exact) mass is 389 g/mol. The Labute approximate surface area is 170 Å². The van der Waals surface area contributed by atoms with Gasteiger partial charge < -0.3 is 14.4 Å². The van der Waals surface area contributed by atoms with Crippen molar-refractivity contribution < 1.29 is 14.3 Å². The zero-order valence-corrected chi connectivity index (χ0v) is 16.1. The number of benzene rings is 2. The average molecular weight is 389 g/mol. The van der Waals surface area contributed by atoms with E-state index >= 15 is 0 Å². The quantitative estimate of drug-likeness (QED) is 0.645. The number of piperidine rings is 1. The summed E-state index contributed by atoms with van der Waals surface area (Å²) in [5, 5.41) is 0. The first kappa shape index (κ1) is 18.9. The molecule has 1 saturated heterocycles. The van der Waals surface area contributed by atoms with Gasteiger partial charge in [0.05, 0.1) is 0 Å². The van der Waals surface area contributed by atoms with Crippen LogP contribution in [-0.2, 0) is 4.79 Å². The number of ether oxygens (including phenoxy) is 2. The Kier molecular flexibility index (Phi) is 6.00. The van der Waals surface area contributed by atoms with Gasteiger partial charge in [0.15, 0.2) is 6.61 Å². The third kappa shape index (κ3) is 5.10. The molecule has 0 radical (unpaired) electrons. The first-order chi connectivity index (χ1) is 14.3. The van der Waals surface area contributed by atoms with E-state index in [1.807, 2.05) is 47.4 Å². The van der Waals surface area contributed by atoms with E-state index in [2.05, 4.69) is 22.1 Å². The molecule has 2 heterocycles. The minimum atomic E-state index is -0.00220. The number of carbonyl (C=O) groups is 1. The van der Waals surface area contributed by atoms with E-state index in [0.717, 1.165) is 24.0 Å². The largest absolute Gasteiger partial charge is 0.484 e. The number of amides is 1. The van der Waals surface area contributed by atoms with Crippen LogP contribution in [0.4, 0.5) is 0 Å². The topological polar surface area (TPSA) is 64.5 Å². The van der Waals surface area contributed by atoms with E-state index in [0.29, 0.717) is 24.7 Å². The SMILES string of the molecule is O=C(COc1ccc(-c2ccccc2)cc1)N1CCC(Oc2ccncn2)CC1. The van der Waals surface area contributed by atoms with E-state index < -0.39 is 0 Å². The number of nitrogens with zero attached hydrogens (tertiary/aromatic N) is 3. The molecule has 1 fully saturated rings. The lowest BCUT2D eigenvalue weighted by Gasteiger charge is -2.31. The number of hydrogen-bond donors (Lipinski definition) is 0. The number of aromatic nitrogens is 2.